The van der Waals surface area contributed by atoms with E-state index < -0.39 is 21.8 Å². The molecule has 1 N–H and O–H groups in total. The van der Waals surface area contributed by atoms with Crippen LogP contribution in [-0.2, 0) is 10.0 Å². The third-order valence-electron chi connectivity index (χ3n) is 5.18. The normalized spacial score (nSPS) is 15.1. The van der Waals surface area contributed by atoms with Crippen LogP contribution in [0.2, 0.25) is 0 Å². The van der Waals surface area contributed by atoms with Crippen molar-refractivity contribution in [3.63, 3.8) is 0 Å². The van der Waals surface area contributed by atoms with Crippen LogP contribution in [0.25, 0.3) is 22.2 Å². The van der Waals surface area contributed by atoms with Crippen LogP contribution in [0.15, 0.2) is 47.4 Å². The van der Waals surface area contributed by atoms with E-state index in [-0.39, 0.29) is 16.0 Å². The zero-order valence-electron chi connectivity index (χ0n) is 15.7. The first-order chi connectivity index (χ1) is 13.8. The molecule has 150 valence electrons. The molecule has 2 aromatic carbocycles. The highest BCUT2D eigenvalue weighted by molar-refractivity contribution is 7.89. The Morgan fingerprint density at radius 3 is 2.48 bits per heavy atom. The van der Waals surface area contributed by atoms with Crippen LogP contribution in [0, 0.1) is 12.7 Å². The van der Waals surface area contributed by atoms with Crippen molar-refractivity contribution in [1.29, 1.82) is 0 Å². The van der Waals surface area contributed by atoms with Crippen molar-refractivity contribution in [2.24, 2.45) is 0 Å². The molecular weight excluding hydrogens is 395 g/mol. The summed E-state index contributed by atoms with van der Waals surface area (Å²) in [5.74, 6) is -1.76. The van der Waals surface area contributed by atoms with E-state index in [0.29, 0.717) is 24.3 Å². The number of nitrogens with zero attached hydrogens (tertiary/aromatic N) is 2. The fourth-order valence-corrected chi connectivity index (χ4v) is 5.14. The smallest absolute Gasteiger partial charge is 0.335 e. The van der Waals surface area contributed by atoms with Gasteiger partial charge < -0.3 is 5.11 Å². The number of carbonyl (C=O) groups is 1. The maximum absolute atomic E-state index is 14.9. The Bertz CT molecular complexity index is 1230. The molecule has 6 nitrogen and oxygen atoms in total. The number of hydrogen-bond donors (Lipinski definition) is 1. The average Bonchev–Trinajstić information content (AvgIpc) is 3.23. The van der Waals surface area contributed by atoms with Gasteiger partial charge >= 0.3 is 5.97 Å². The largest absolute Gasteiger partial charge is 0.478 e. The number of fused-ring (bicyclic) bond motifs is 1. The summed E-state index contributed by atoms with van der Waals surface area (Å²) in [6.07, 6.45) is 1.61. The Morgan fingerprint density at radius 2 is 1.83 bits per heavy atom. The summed E-state index contributed by atoms with van der Waals surface area (Å²) in [6.45, 7) is 2.73. The number of carboxylic acids is 1. The van der Waals surface area contributed by atoms with Gasteiger partial charge in [-0.2, -0.15) is 4.31 Å². The van der Waals surface area contributed by atoms with Gasteiger partial charge in [0.25, 0.3) is 0 Å². The Kier molecular flexibility index (Phi) is 4.84. The molecule has 8 heteroatoms. The lowest BCUT2D eigenvalue weighted by Gasteiger charge is -2.16. The zero-order chi connectivity index (χ0) is 20.8. The van der Waals surface area contributed by atoms with E-state index in [1.54, 1.807) is 12.1 Å². The van der Waals surface area contributed by atoms with Gasteiger partial charge in [0.2, 0.25) is 10.0 Å². The fraction of sp³-hybridized carbons (Fsp3) is 0.238. The Hall–Kier alpha value is -2.84. The van der Waals surface area contributed by atoms with E-state index in [1.807, 2.05) is 6.92 Å². The number of carboxylic acid groups (broad SMARTS) is 1. The van der Waals surface area contributed by atoms with Crippen LogP contribution >= 0.6 is 0 Å². The van der Waals surface area contributed by atoms with E-state index in [0.717, 1.165) is 29.9 Å². The first-order valence-corrected chi connectivity index (χ1v) is 10.7. The monoisotopic (exact) mass is 414 g/mol. The van der Waals surface area contributed by atoms with Gasteiger partial charge in [-0.05, 0) is 61.7 Å². The van der Waals surface area contributed by atoms with E-state index in [1.165, 1.54) is 28.6 Å². The highest BCUT2D eigenvalue weighted by Gasteiger charge is 2.28. The second kappa shape index (κ2) is 7.20. The quantitative estimate of drug-likeness (QED) is 0.701. The molecule has 29 heavy (non-hydrogen) atoms. The van der Waals surface area contributed by atoms with E-state index in [4.69, 9.17) is 0 Å². The second-order valence-corrected chi connectivity index (χ2v) is 9.05. The van der Waals surface area contributed by atoms with Crippen molar-refractivity contribution in [2.45, 2.75) is 24.7 Å². The number of sulfonamides is 1. The average molecular weight is 414 g/mol. The van der Waals surface area contributed by atoms with E-state index in [2.05, 4.69) is 4.98 Å². The third kappa shape index (κ3) is 3.49. The fourth-order valence-electron chi connectivity index (χ4n) is 3.62. The SMILES string of the molecule is Cc1cc(-c2ccc(S(=O)(=O)N3CCCC3)cc2F)nc2cc(C(=O)O)ccc12. The molecule has 1 fully saturated rings. The summed E-state index contributed by atoms with van der Waals surface area (Å²) < 4.78 is 41.5. The molecule has 4 rings (SSSR count). The molecule has 1 aliphatic heterocycles. The Labute approximate surface area is 167 Å². The van der Waals surface area contributed by atoms with Gasteiger partial charge in [0, 0.05) is 24.0 Å². The van der Waals surface area contributed by atoms with Gasteiger partial charge in [-0.25, -0.2) is 22.6 Å². The number of pyridine rings is 1. The Morgan fingerprint density at radius 1 is 1.10 bits per heavy atom. The minimum Gasteiger partial charge on any atom is -0.478 e. The summed E-state index contributed by atoms with van der Waals surface area (Å²) >= 11 is 0. The molecule has 0 radical (unpaired) electrons. The molecule has 1 aliphatic rings. The predicted molar refractivity (Wildman–Crippen MR) is 107 cm³/mol. The summed E-state index contributed by atoms with van der Waals surface area (Å²) in [5, 5.41) is 9.96. The molecule has 3 aromatic rings. The minimum absolute atomic E-state index is 0.0775. The van der Waals surface area contributed by atoms with Gasteiger partial charge in [-0.3, -0.25) is 0 Å². The predicted octanol–water partition coefficient (Wildman–Crippen LogP) is 3.83. The first-order valence-electron chi connectivity index (χ1n) is 9.22. The topological polar surface area (TPSA) is 87.6 Å². The molecule has 2 heterocycles. The molecule has 0 spiro atoms. The highest BCUT2D eigenvalue weighted by atomic mass is 32.2. The molecule has 0 amide bonds. The molecule has 0 bridgehead atoms. The van der Waals surface area contributed by atoms with Gasteiger partial charge in [0.05, 0.1) is 21.7 Å². The highest BCUT2D eigenvalue weighted by Crippen LogP contribution is 2.29. The number of hydrogen-bond acceptors (Lipinski definition) is 4. The Balaban J connectivity index is 1.78. The molecule has 0 saturated carbocycles. The van der Waals surface area contributed by atoms with Gasteiger partial charge in [0.1, 0.15) is 5.82 Å². The van der Waals surface area contributed by atoms with Crippen LogP contribution in [-0.4, -0.2) is 41.9 Å². The zero-order valence-corrected chi connectivity index (χ0v) is 16.5. The van der Waals surface area contributed by atoms with Crippen molar-refractivity contribution in [3.8, 4) is 11.3 Å². The number of aromatic carboxylic acids is 1. The van der Waals surface area contributed by atoms with E-state index >= 15 is 0 Å². The number of aromatic nitrogens is 1. The van der Waals surface area contributed by atoms with Crippen molar-refractivity contribution in [2.75, 3.05) is 13.1 Å². The number of halogens is 1. The maximum Gasteiger partial charge on any atom is 0.335 e. The van der Waals surface area contributed by atoms with Crippen LogP contribution in [0.3, 0.4) is 0 Å². The number of rotatable bonds is 4. The van der Waals surface area contributed by atoms with Crippen molar-refractivity contribution < 1.29 is 22.7 Å². The van der Waals surface area contributed by atoms with Crippen LogP contribution in [0.1, 0.15) is 28.8 Å². The van der Waals surface area contributed by atoms with Crippen molar-refractivity contribution in [1.82, 2.24) is 9.29 Å². The molecular formula is C21H19FN2O4S. The van der Waals surface area contributed by atoms with Gasteiger partial charge in [-0.15, -0.1) is 0 Å². The molecule has 1 aromatic heterocycles. The van der Waals surface area contributed by atoms with Crippen LogP contribution in [0.5, 0.6) is 0 Å². The molecule has 0 aliphatic carbocycles. The van der Waals surface area contributed by atoms with Gasteiger partial charge in [-0.1, -0.05) is 6.07 Å². The third-order valence-corrected chi connectivity index (χ3v) is 7.08. The van der Waals surface area contributed by atoms with Gasteiger partial charge in [0.15, 0.2) is 0 Å². The molecule has 0 atom stereocenters. The number of aryl methyl sites for hydroxylation is 1. The molecule has 0 unspecified atom stereocenters. The lowest BCUT2D eigenvalue weighted by Crippen LogP contribution is -2.27. The van der Waals surface area contributed by atoms with Crippen LogP contribution < -0.4 is 0 Å². The standard InChI is InChI=1S/C21H19FN2O4S/c1-13-10-19(23-20-11-14(21(25)26)4-6-16(13)20)17-7-5-15(12-18(17)22)29(27,28)24-8-2-3-9-24/h4-7,10-12H,2-3,8-9H2,1H3,(H,25,26). The molecule has 1 saturated heterocycles. The number of benzene rings is 2. The minimum atomic E-state index is -3.71. The summed E-state index contributed by atoms with van der Waals surface area (Å²) in [6, 6.07) is 10.1. The first kappa shape index (κ1) is 19.5. The lowest BCUT2D eigenvalue weighted by molar-refractivity contribution is 0.0697. The van der Waals surface area contributed by atoms with Crippen LogP contribution in [0.4, 0.5) is 4.39 Å². The van der Waals surface area contributed by atoms with Crippen molar-refractivity contribution in [3.05, 3.63) is 59.4 Å². The lowest BCUT2D eigenvalue weighted by atomic mass is 10.0. The maximum atomic E-state index is 14.9. The summed E-state index contributed by atoms with van der Waals surface area (Å²) in [7, 11) is -3.71. The van der Waals surface area contributed by atoms with Crippen molar-refractivity contribution >= 4 is 26.9 Å². The summed E-state index contributed by atoms with van der Waals surface area (Å²) in [5.41, 5.74) is 1.83. The summed E-state index contributed by atoms with van der Waals surface area (Å²) in [4.78, 5) is 15.6. The van der Waals surface area contributed by atoms with E-state index in [9.17, 15) is 22.7 Å². The second-order valence-electron chi connectivity index (χ2n) is 7.11.